The Labute approximate surface area is 167 Å². The molecule has 0 N–H and O–H groups in total. The Bertz CT molecular complexity index is 1100. The van der Waals surface area contributed by atoms with Gasteiger partial charge in [0, 0.05) is 25.6 Å². The number of benzene rings is 1. The van der Waals surface area contributed by atoms with Gasteiger partial charge in [0.2, 0.25) is 0 Å². The van der Waals surface area contributed by atoms with Crippen LogP contribution in [0.25, 0.3) is 10.9 Å². The van der Waals surface area contributed by atoms with Crippen molar-refractivity contribution in [3.63, 3.8) is 0 Å². The molecule has 1 atom stereocenters. The van der Waals surface area contributed by atoms with Crippen LogP contribution >= 0.6 is 11.3 Å². The molecule has 0 aliphatic rings. The summed E-state index contributed by atoms with van der Waals surface area (Å²) in [7, 11) is 0.190. The molecule has 3 aromatic rings. The molecule has 1 unspecified atom stereocenters. The number of thiophene rings is 1. The summed E-state index contributed by atoms with van der Waals surface area (Å²) in [4.78, 5) is 12.4. The molecule has 0 amide bonds. The largest absolute Gasteiger partial charge is 0.461 e. The number of esters is 1. The number of ether oxygens (including phenoxy) is 2. The Kier molecular flexibility index (Phi) is 5.78. The van der Waals surface area contributed by atoms with E-state index in [9.17, 15) is 13.4 Å². The Hall–Kier alpha value is -2.36. The topological polar surface area (TPSA) is 60.8 Å². The molecule has 2 heterocycles. The molecule has 1 aromatic carbocycles. The van der Waals surface area contributed by atoms with E-state index in [2.05, 4.69) is 5.87 Å². The van der Waals surface area contributed by atoms with Crippen LogP contribution in [0.2, 0.25) is 0 Å². The molecule has 0 saturated carbocycles. The summed E-state index contributed by atoms with van der Waals surface area (Å²) < 4.78 is 41.7. The molecule has 0 aliphatic carbocycles. The molecule has 3 rings (SSSR count). The summed E-state index contributed by atoms with van der Waals surface area (Å²) >= 11 is 1.31. The van der Waals surface area contributed by atoms with E-state index in [-0.39, 0.29) is 19.0 Å². The fraction of sp³-hybridized carbons (Fsp3) is 0.263. The lowest BCUT2D eigenvalue weighted by Gasteiger charge is -2.25. The molecule has 0 fully saturated rings. The maximum Gasteiger partial charge on any atom is 0.355 e. The van der Waals surface area contributed by atoms with Gasteiger partial charge in [-0.3, -0.25) is 4.31 Å². The van der Waals surface area contributed by atoms with Crippen molar-refractivity contribution in [1.82, 2.24) is 4.57 Å². The van der Waals surface area contributed by atoms with Gasteiger partial charge in [-0.1, -0.05) is 6.07 Å². The molecule has 2 aromatic heterocycles. The number of nitrogens with zero attached hydrogens (tertiary/aromatic N) is 2. The summed E-state index contributed by atoms with van der Waals surface area (Å²) in [6.45, 7) is 1.96. The molecule has 9 heteroatoms. The van der Waals surface area contributed by atoms with E-state index in [0.717, 1.165) is 0 Å². The van der Waals surface area contributed by atoms with Crippen LogP contribution in [0.15, 0.2) is 39.9 Å². The zero-order chi connectivity index (χ0) is 20.5. The van der Waals surface area contributed by atoms with Crippen LogP contribution in [0.4, 0.5) is 10.1 Å². The van der Waals surface area contributed by atoms with Crippen molar-refractivity contribution in [2.45, 2.75) is 17.9 Å². The van der Waals surface area contributed by atoms with Crippen LogP contribution in [-0.2, 0) is 25.9 Å². The number of methoxy groups -OCH3 is 1. The highest BCUT2D eigenvalue weighted by Crippen LogP contribution is 2.34. The number of hydrogen-bond acceptors (Lipinski definition) is 5. The summed E-state index contributed by atoms with van der Waals surface area (Å²) in [6, 6.07) is 7.65. The van der Waals surface area contributed by atoms with Crippen LogP contribution in [-0.4, -0.2) is 41.4 Å². The lowest BCUT2D eigenvalue weighted by atomic mass is 10.2. The number of hydrogen-bond donors (Lipinski definition) is 0. The minimum absolute atomic E-state index is 0.0431. The van der Waals surface area contributed by atoms with E-state index >= 15 is 0 Å². The quantitative estimate of drug-likeness (QED) is 0.428. The van der Waals surface area contributed by atoms with E-state index in [1.807, 2.05) is 5.38 Å². The Morgan fingerprint density at radius 2 is 2.14 bits per heavy atom. The molecule has 0 saturated heterocycles. The van der Waals surface area contributed by atoms with Gasteiger partial charge in [-0.05, 0) is 36.4 Å². The number of carbonyl (C=O) groups excluding carboxylic acids is 1. The predicted octanol–water partition coefficient (Wildman–Crippen LogP) is 3.75. The van der Waals surface area contributed by atoms with Gasteiger partial charge in [0.1, 0.15) is 22.5 Å². The van der Waals surface area contributed by atoms with Crippen LogP contribution in [0.1, 0.15) is 17.4 Å². The van der Waals surface area contributed by atoms with Crippen molar-refractivity contribution >= 4 is 49.5 Å². The zero-order valence-electron chi connectivity index (χ0n) is 15.8. The van der Waals surface area contributed by atoms with Gasteiger partial charge < -0.3 is 14.0 Å². The van der Waals surface area contributed by atoms with E-state index in [1.54, 1.807) is 36.7 Å². The van der Waals surface area contributed by atoms with Gasteiger partial charge in [-0.2, -0.15) is 0 Å². The zero-order valence-corrected chi connectivity index (χ0v) is 17.4. The minimum atomic E-state index is -2.89. The number of fused-ring (bicyclic) bond motifs is 1. The molecule has 0 bridgehead atoms. The van der Waals surface area contributed by atoms with E-state index in [0.29, 0.717) is 20.8 Å². The third-order valence-electron chi connectivity index (χ3n) is 4.27. The second-order valence-electron chi connectivity index (χ2n) is 6.03. The first-order valence-electron chi connectivity index (χ1n) is 8.44. The first-order valence-corrected chi connectivity index (χ1v) is 11.0. The number of halogens is 1. The van der Waals surface area contributed by atoms with Gasteiger partial charge >= 0.3 is 5.97 Å². The van der Waals surface area contributed by atoms with Crippen molar-refractivity contribution < 1.29 is 22.9 Å². The molecule has 0 radical (unpaired) electrons. The van der Waals surface area contributed by atoms with Crippen molar-refractivity contribution in [2.24, 2.45) is 0 Å². The second kappa shape index (κ2) is 7.94. The summed E-state index contributed by atoms with van der Waals surface area (Å²) in [6.07, 6.45) is 0. The highest BCUT2D eigenvalue weighted by molar-refractivity contribution is 8.03. The molecule has 0 aliphatic heterocycles. The first-order chi connectivity index (χ1) is 13.3. The van der Waals surface area contributed by atoms with Gasteiger partial charge in [-0.15, -0.1) is 11.3 Å². The molecule has 150 valence electrons. The number of anilines is 1. The van der Waals surface area contributed by atoms with E-state index in [4.69, 9.17) is 9.47 Å². The third kappa shape index (κ3) is 3.52. The first kappa shape index (κ1) is 20.4. The number of rotatable bonds is 7. The molecular weight excluding hydrogens is 403 g/mol. The third-order valence-corrected chi connectivity index (χ3v) is 7.85. The van der Waals surface area contributed by atoms with E-state index < -0.39 is 21.5 Å². The van der Waals surface area contributed by atoms with Crippen LogP contribution in [0.5, 0.6) is 0 Å². The lowest BCUT2D eigenvalue weighted by Crippen LogP contribution is -2.26. The summed E-state index contributed by atoms with van der Waals surface area (Å²) in [5.74, 6) is 2.83. The number of aromatic nitrogens is 1. The average molecular weight is 425 g/mol. The average Bonchev–Trinajstić information content (AvgIpc) is 3.30. The smallest absolute Gasteiger partial charge is 0.355 e. The Morgan fingerprint density at radius 1 is 1.39 bits per heavy atom. The van der Waals surface area contributed by atoms with Crippen LogP contribution < -0.4 is 4.31 Å². The Balaban J connectivity index is 2.26. The van der Waals surface area contributed by atoms with Crippen LogP contribution in [0, 0.1) is 5.82 Å². The molecule has 0 spiro atoms. The fourth-order valence-electron chi connectivity index (χ4n) is 2.97. The maximum atomic E-state index is 14.4. The molecular formula is C19H21FN2O4S2. The van der Waals surface area contributed by atoms with Crippen LogP contribution in [0.3, 0.4) is 0 Å². The van der Waals surface area contributed by atoms with Crippen molar-refractivity contribution in [3.05, 3.63) is 47.2 Å². The maximum absolute atomic E-state index is 14.4. The normalized spacial score (nSPS) is 13.4. The Morgan fingerprint density at radius 3 is 2.75 bits per heavy atom. The monoisotopic (exact) mass is 424 g/mol. The molecule has 6 nitrogen and oxygen atoms in total. The lowest BCUT2D eigenvalue weighted by molar-refractivity contribution is 0.0496. The van der Waals surface area contributed by atoms with Gasteiger partial charge in [0.25, 0.3) is 0 Å². The fourth-order valence-corrected chi connectivity index (χ4v) is 5.54. The van der Waals surface area contributed by atoms with Gasteiger partial charge in [0.05, 0.1) is 27.5 Å². The standard InChI is InChI=1S/C19H21FN2O4S2/c1-5-26-19(23)16-10-13-9-14(20)11-15(18(13)22(16)12-25-3)21(2)28(4,24)17-7-6-8-27-17/h6-11H,4-5,12H2,1-3H3. The van der Waals surface area contributed by atoms with Gasteiger partial charge in [-0.25, -0.2) is 13.4 Å². The summed E-state index contributed by atoms with van der Waals surface area (Å²) in [5, 5.41) is 2.28. The second-order valence-corrected chi connectivity index (χ2v) is 9.50. The SMILES string of the molecule is C=S(=O)(c1cccs1)N(C)c1cc(F)cc2cc(C(=O)OCC)n(COC)c12. The minimum Gasteiger partial charge on any atom is -0.461 e. The molecule has 28 heavy (non-hydrogen) atoms. The number of carbonyl (C=O) groups is 1. The van der Waals surface area contributed by atoms with E-state index in [1.165, 1.54) is 34.9 Å². The van der Waals surface area contributed by atoms with Crippen molar-refractivity contribution in [3.8, 4) is 0 Å². The highest BCUT2D eigenvalue weighted by Gasteiger charge is 2.24. The van der Waals surface area contributed by atoms with Gasteiger partial charge in [0.15, 0.2) is 0 Å². The van der Waals surface area contributed by atoms with Crippen molar-refractivity contribution in [1.29, 1.82) is 0 Å². The predicted molar refractivity (Wildman–Crippen MR) is 111 cm³/mol. The van der Waals surface area contributed by atoms with Crippen molar-refractivity contribution in [2.75, 3.05) is 25.1 Å². The highest BCUT2D eigenvalue weighted by atomic mass is 32.2. The summed E-state index contributed by atoms with van der Waals surface area (Å²) in [5.41, 5.74) is 1.09.